The molecule has 2 aromatic rings. The second kappa shape index (κ2) is 13.4. The second-order valence-electron chi connectivity index (χ2n) is 15.1. The van der Waals surface area contributed by atoms with E-state index in [-0.39, 0.29) is 23.1 Å². The largest absolute Gasteiger partial charge is 0.459 e. The average molecular weight is 735 g/mol. The smallest absolute Gasteiger partial charge is 0.338 e. The number of benzene rings is 2. The summed E-state index contributed by atoms with van der Waals surface area (Å²) in [5, 5.41) is 26.6. The van der Waals surface area contributed by atoms with Gasteiger partial charge in [0.25, 0.3) is 0 Å². The highest BCUT2D eigenvalue weighted by Gasteiger charge is 2.88. The van der Waals surface area contributed by atoms with Gasteiger partial charge in [0.05, 0.1) is 22.6 Å². The first-order valence-electron chi connectivity index (χ1n) is 17.7. The van der Waals surface area contributed by atoms with Crippen LogP contribution in [-0.2, 0) is 42.8 Å². The van der Waals surface area contributed by atoms with E-state index in [1.807, 2.05) is 0 Å². The van der Waals surface area contributed by atoms with Crippen LogP contribution in [0, 0.1) is 23.7 Å². The number of esters is 5. The maximum Gasteiger partial charge on any atom is 0.338 e. The lowest BCUT2D eigenvalue weighted by atomic mass is 9.52. The summed E-state index contributed by atoms with van der Waals surface area (Å²) in [5.41, 5.74) is -7.77. The Labute approximate surface area is 307 Å². The van der Waals surface area contributed by atoms with E-state index in [9.17, 15) is 34.2 Å². The maximum atomic E-state index is 13.9. The molecule has 0 unspecified atom stereocenters. The van der Waals surface area contributed by atoms with Crippen molar-refractivity contribution in [3.8, 4) is 0 Å². The summed E-state index contributed by atoms with van der Waals surface area (Å²) in [6.45, 7) is 13.8. The Morgan fingerprint density at radius 2 is 1.17 bits per heavy atom. The standard InChI is InChI=1S/C40H46O13/c1-20(2)38(46)31(51-34(44)26-15-11-9-12-16-26)22(4)39(47)28-19-21(3)30(48-23(5)41)40(28)36(52-35(45)27-17-13-10-14-18-27)37(8,53-40)32(49-24(6)42)29(39)33(38)50-25(7)43/h9-18,21-22,28-33,36,46-47H,1,19H2,2-8H3/t21-,22+,28-,29-,30-,31-,32-,33+,36+,37+,38-,39-,40+/m0/s1. The van der Waals surface area contributed by atoms with Gasteiger partial charge in [0.1, 0.15) is 30.0 Å². The van der Waals surface area contributed by atoms with Gasteiger partial charge in [-0.1, -0.05) is 56.8 Å². The van der Waals surface area contributed by atoms with Gasteiger partial charge in [0.15, 0.2) is 17.3 Å². The lowest BCUT2D eigenvalue weighted by Crippen LogP contribution is -2.80. The van der Waals surface area contributed by atoms with Gasteiger partial charge in [0.2, 0.25) is 0 Å². The SMILES string of the molecule is C=C(C)[C@@]1(O)[C@H](OC(C)=O)[C@@H]2[C@H](OC(C)=O)[C@@]3(C)O[C@@]4([C@@H]3OC(=O)c3ccccc3)[C@@H](OC(C)=O)[C@@H](C)C[C@H]4[C@@]2(O)[C@H](C)[C@@H]1OC(=O)c1ccccc1. The van der Waals surface area contributed by atoms with Gasteiger partial charge in [-0.2, -0.15) is 0 Å². The van der Waals surface area contributed by atoms with E-state index in [1.54, 1.807) is 62.4 Å². The molecule has 1 spiro atoms. The van der Waals surface area contributed by atoms with Gasteiger partial charge < -0.3 is 38.6 Å². The molecular formula is C40H46O13. The number of fused-ring (bicyclic) bond motifs is 3. The zero-order chi connectivity index (χ0) is 38.8. The molecule has 2 heterocycles. The fraction of sp³-hybridized carbons (Fsp3) is 0.525. The van der Waals surface area contributed by atoms with Gasteiger partial charge in [-0.25, -0.2) is 9.59 Å². The molecule has 2 saturated heterocycles. The third-order valence-electron chi connectivity index (χ3n) is 11.8. The quantitative estimate of drug-likeness (QED) is 0.228. The average Bonchev–Trinajstić information content (AvgIpc) is 3.33. The van der Waals surface area contributed by atoms with Crippen LogP contribution in [0.1, 0.15) is 75.6 Å². The molecule has 6 rings (SSSR count). The fourth-order valence-corrected chi connectivity index (χ4v) is 9.82. The Kier molecular flexibility index (Phi) is 9.62. The minimum Gasteiger partial charge on any atom is -0.459 e. The fourth-order valence-electron chi connectivity index (χ4n) is 9.82. The van der Waals surface area contributed by atoms with Crippen molar-refractivity contribution in [2.75, 3.05) is 0 Å². The van der Waals surface area contributed by atoms with E-state index >= 15 is 0 Å². The predicted molar refractivity (Wildman–Crippen MR) is 185 cm³/mol. The number of hydrogen-bond donors (Lipinski definition) is 2. The first-order chi connectivity index (χ1) is 24.8. The molecule has 2 aliphatic heterocycles. The van der Waals surface area contributed by atoms with Gasteiger partial charge in [-0.3, -0.25) is 14.4 Å². The number of carbonyl (C=O) groups is 5. The minimum absolute atomic E-state index is 0.0205. The Bertz CT molecular complexity index is 1810. The van der Waals surface area contributed by atoms with Crippen LogP contribution in [0.2, 0.25) is 0 Å². The summed E-state index contributed by atoms with van der Waals surface area (Å²) in [4.78, 5) is 66.4. The molecule has 4 fully saturated rings. The summed E-state index contributed by atoms with van der Waals surface area (Å²) in [6, 6.07) is 16.2. The van der Waals surface area contributed by atoms with Crippen LogP contribution in [0.25, 0.3) is 0 Å². The van der Waals surface area contributed by atoms with Crippen LogP contribution in [0.4, 0.5) is 0 Å². The van der Waals surface area contributed by atoms with Crippen molar-refractivity contribution in [2.45, 2.75) is 108 Å². The molecule has 0 aromatic heterocycles. The molecule has 284 valence electrons. The van der Waals surface area contributed by atoms with E-state index in [2.05, 4.69) is 6.58 Å². The number of rotatable bonds is 8. The van der Waals surface area contributed by atoms with Crippen molar-refractivity contribution in [3.05, 3.63) is 83.9 Å². The molecule has 2 aromatic carbocycles. The van der Waals surface area contributed by atoms with E-state index < -0.39 is 106 Å². The normalized spacial score (nSPS) is 39.5. The van der Waals surface area contributed by atoms with Crippen LogP contribution in [0.3, 0.4) is 0 Å². The molecule has 13 nitrogen and oxygen atoms in total. The summed E-state index contributed by atoms with van der Waals surface area (Å²) in [5.74, 6) is -8.34. The molecule has 4 aliphatic rings. The van der Waals surface area contributed by atoms with Crippen LogP contribution in [-0.4, -0.2) is 93.0 Å². The summed E-state index contributed by atoms with van der Waals surface area (Å²) >= 11 is 0. The number of ether oxygens (including phenoxy) is 6. The minimum atomic E-state index is -2.38. The number of aliphatic hydroxyl groups is 2. The third-order valence-corrected chi connectivity index (χ3v) is 11.8. The van der Waals surface area contributed by atoms with Crippen molar-refractivity contribution in [1.82, 2.24) is 0 Å². The maximum absolute atomic E-state index is 13.9. The molecule has 13 heteroatoms. The zero-order valence-electron chi connectivity index (χ0n) is 30.8. The Hall–Kier alpha value is -4.59. The highest BCUT2D eigenvalue weighted by molar-refractivity contribution is 5.90. The topological polar surface area (TPSA) is 181 Å². The van der Waals surface area contributed by atoms with Gasteiger partial charge in [0, 0.05) is 32.6 Å². The van der Waals surface area contributed by atoms with Crippen molar-refractivity contribution in [3.63, 3.8) is 0 Å². The zero-order valence-corrected chi connectivity index (χ0v) is 30.8. The van der Waals surface area contributed by atoms with Crippen molar-refractivity contribution in [1.29, 1.82) is 0 Å². The van der Waals surface area contributed by atoms with Gasteiger partial charge >= 0.3 is 29.8 Å². The highest BCUT2D eigenvalue weighted by atomic mass is 16.7. The lowest BCUT2D eigenvalue weighted by molar-refractivity contribution is -0.389. The van der Waals surface area contributed by atoms with Gasteiger partial charge in [-0.15, -0.1) is 0 Å². The molecule has 0 amide bonds. The third kappa shape index (κ3) is 5.66. The van der Waals surface area contributed by atoms with Gasteiger partial charge in [-0.05, 0) is 56.0 Å². The first kappa shape index (κ1) is 38.1. The Morgan fingerprint density at radius 1 is 0.698 bits per heavy atom. The number of hydrogen-bond acceptors (Lipinski definition) is 13. The Balaban J connectivity index is 1.63. The van der Waals surface area contributed by atoms with E-state index in [0.29, 0.717) is 0 Å². The van der Waals surface area contributed by atoms with Crippen LogP contribution in [0.5, 0.6) is 0 Å². The molecule has 13 atom stereocenters. The van der Waals surface area contributed by atoms with E-state index in [0.717, 1.165) is 13.8 Å². The Morgan fingerprint density at radius 3 is 1.66 bits per heavy atom. The van der Waals surface area contributed by atoms with Crippen LogP contribution >= 0.6 is 0 Å². The summed E-state index contributed by atoms with van der Waals surface area (Å²) < 4.78 is 37.2. The second-order valence-corrected chi connectivity index (χ2v) is 15.1. The van der Waals surface area contributed by atoms with Crippen molar-refractivity contribution in [2.24, 2.45) is 23.7 Å². The van der Waals surface area contributed by atoms with Crippen molar-refractivity contribution >= 4 is 29.8 Å². The van der Waals surface area contributed by atoms with E-state index in [4.69, 9.17) is 28.4 Å². The molecule has 53 heavy (non-hydrogen) atoms. The molecule has 2 bridgehead atoms. The molecule has 0 radical (unpaired) electrons. The highest BCUT2D eigenvalue weighted by Crippen LogP contribution is 2.71. The molecule has 2 N–H and O–H groups in total. The van der Waals surface area contributed by atoms with Crippen LogP contribution in [0.15, 0.2) is 72.8 Å². The molecule has 2 aliphatic carbocycles. The predicted octanol–water partition coefficient (Wildman–Crippen LogP) is 3.73. The molecule has 2 saturated carbocycles. The first-order valence-corrected chi connectivity index (χ1v) is 17.7. The monoisotopic (exact) mass is 734 g/mol. The molecular weight excluding hydrogens is 688 g/mol. The number of carbonyl (C=O) groups excluding carboxylic acids is 5. The van der Waals surface area contributed by atoms with Crippen LogP contribution < -0.4 is 0 Å². The lowest BCUT2D eigenvalue weighted by Gasteiger charge is -2.62. The van der Waals surface area contributed by atoms with Crippen molar-refractivity contribution < 1.29 is 62.6 Å². The summed E-state index contributed by atoms with van der Waals surface area (Å²) in [6.07, 6.45) is -7.32. The summed E-state index contributed by atoms with van der Waals surface area (Å²) in [7, 11) is 0. The van der Waals surface area contributed by atoms with E-state index in [1.165, 1.54) is 32.9 Å².